The van der Waals surface area contributed by atoms with E-state index in [2.05, 4.69) is 0 Å². The van der Waals surface area contributed by atoms with Gasteiger partial charge in [-0.2, -0.15) is 26.3 Å². The van der Waals surface area contributed by atoms with E-state index in [9.17, 15) is 41.7 Å². The van der Waals surface area contributed by atoms with Gasteiger partial charge in [0, 0.05) is 17.6 Å². The quantitative estimate of drug-likeness (QED) is 0.279. The van der Waals surface area contributed by atoms with Gasteiger partial charge < -0.3 is 25.2 Å². The average Bonchev–Trinajstić information content (AvgIpc) is 3.35. The van der Waals surface area contributed by atoms with Crippen LogP contribution in [0.4, 0.5) is 26.3 Å². The second kappa shape index (κ2) is 12.3. The standard InChI is InChI=1S/C24H22F6O4S.CH4O/c1-2-14-4-3-5-20(21(14)22(33,23(25,26)27)24(28,29)30)17-9-19(35-13-17)12-34-18-7-6-15(10-31)16(8-18)11-32;1-2/h3-9,13,31-33H,2,10-12H2,1H3;2H,1H3. The molecule has 5 nitrogen and oxygen atoms in total. The lowest BCUT2D eigenvalue weighted by molar-refractivity contribution is -0.376. The Morgan fingerprint density at radius 2 is 1.46 bits per heavy atom. The van der Waals surface area contributed by atoms with Crippen molar-refractivity contribution < 1.29 is 51.5 Å². The SMILES string of the molecule is CCc1cccc(-c2csc(COc3ccc(CO)c(CO)c3)c2)c1C(O)(C(F)(F)F)C(F)(F)F.CO. The van der Waals surface area contributed by atoms with Crippen LogP contribution in [0.15, 0.2) is 47.8 Å². The normalized spacial score (nSPS) is 12.2. The number of benzene rings is 2. The zero-order valence-electron chi connectivity index (χ0n) is 19.8. The molecule has 2 aromatic carbocycles. The number of aliphatic hydroxyl groups is 4. The van der Waals surface area contributed by atoms with Crippen molar-refractivity contribution in [1.29, 1.82) is 0 Å². The molecule has 0 amide bonds. The predicted octanol–water partition coefficient (Wildman–Crippen LogP) is 5.46. The van der Waals surface area contributed by atoms with Crippen LogP contribution >= 0.6 is 11.3 Å². The monoisotopic (exact) mass is 552 g/mol. The zero-order valence-corrected chi connectivity index (χ0v) is 20.6. The molecule has 37 heavy (non-hydrogen) atoms. The van der Waals surface area contributed by atoms with E-state index in [1.807, 2.05) is 0 Å². The first-order valence-corrected chi connectivity index (χ1v) is 11.7. The first-order valence-electron chi connectivity index (χ1n) is 10.8. The minimum Gasteiger partial charge on any atom is -0.488 e. The summed E-state index contributed by atoms with van der Waals surface area (Å²) < 4.78 is 87.9. The first-order chi connectivity index (χ1) is 17.4. The molecule has 4 N–H and O–H groups in total. The fourth-order valence-corrected chi connectivity index (χ4v) is 4.55. The summed E-state index contributed by atoms with van der Waals surface area (Å²) in [4.78, 5) is 0.507. The molecule has 1 aromatic heterocycles. The number of aryl methyl sites for hydroxylation is 1. The van der Waals surface area contributed by atoms with Crippen LogP contribution in [0.5, 0.6) is 5.75 Å². The Bertz CT molecular complexity index is 1160. The average molecular weight is 553 g/mol. The molecule has 0 bridgehead atoms. The molecule has 0 aliphatic carbocycles. The van der Waals surface area contributed by atoms with Gasteiger partial charge in [0.1, 0.15) is 12.4 Å². The van der Waals surface area contributed by atoms with E-state index in [-0.39, 0.29) is 42.9 Å². The number of rotatable bonds is 8. The fraction of sp³-hybridized carbons (Fsp3) is 0.360. The third-order valence-electron chi connectivity index (χ3n) is 5.58. The van der Waals surface area contributed by atoms with Crippen molar-refractivity contribution in [3.63, 3.8) is 0 Å². The number of halogens is 6. The number of hydrogen-bond acceptors (Lipinski definition) is 6. The predicted molar refractivity (Wildman–Crippen MR) is 126 cm³/mol. The van der Waals surface area contributed by atoms with Crippen LogP contribution in [-0.2, 0) is 31.8 Å². The molecule has 204 valence electrons. The highest BCUT2D eigenvalue weighted by Gasteiger charge is 2.72. The van der Waals surface area contributed by atoms with Crippen molar-refractivity contribution >= 4 is 11.3 Å². The lowest BCUT2D eigenvalue weighted by Crippen LogP contribution is -2.54. The Kier molecular flexibility index (Phi) is 10.1. The molecule has 3 rings (SSSR count). The van der Waals surface area contributed by atoms with Crippen LogP contribution < -0.4 is 4.74 Å². The van der Waals surface area contributed by atoms with Crippen molar-refractivity contribution in [3.8, 4) is 16.9 Å². The summed E-state index contributed by atoms with van der Waals surface area (Å²) in [6.45, 7) is 0.769. The van der Waals surface area contributed by atoms with Gasteiger partial charge in [-0.05, 0) is 57.8 Å². The highest BCUT2D eigenvalue weighted by Crippen LogP contribution is 2.53. The Balaban J connectivity index is 0.00000235. The highest BCUT2D eigenvalue weighted by molar-refractivity contribution is 7.10. The third-order valence-corrected chi connectivity index (χ3v) is 6.49. The smallest absolute Gasteiger partial charge is 0.430 e. The number of hydrogen-bond donors (Lipinski definition) is 4. The maximum atomic E-state index is 13.7. The van der Waals surface area contributed by atoms with E-state index in [1.54, 1.807) is 12.1 Å². The van der Waals surface area contributed by atoms with Gasteiger partial charge in [-0.25, -0.2) is 0 Å². The first kappa shape index (κ1) is 30.6. The molecule has 0 fully saturated rings. The Labute approximate surface area is 213 Å². The second-order valence-electron chi connectivity index (χ2n) is 7.74. The van der Waals surface area contributed by atoms with Crippen LogP contribution in [-0.4, -0.2) is 39.9 Å². The minimum absolute atomic E-state index is 0.0420. The molecule has 0 radical (unpaired) electrons. The molecule has 0 saturated heterocycles. The van der Waals surface area contributed by atoms with Crippen LogP contribution in [0.2, 0.25) is 0 Å². The van der Waals surface area contributed by atoms with Gasteiger partial charge in [-0.15, -0.1) is 11.3 Å². The van der Waals surface area contributed by atoms with Gasteiger partial charge in [0.05, 0.1) is 13.2 Å². The molecular formula is C25H26F6O5S. The van der Waals surface area contributed by atoms with Crippen LogP contribution in [0, 0.1) is 0 Å². The number of thiophene rings is 1. The highest BCUT2D eigenvalue weighted by atomic mass is 32.1. The summed E-state index contributed by atoms with van der Waals surface area (Å²) in [5.41, 5.74) is -5.88. The zero-order chi connectivity index (χ0) is 28.0. The maximum absolute atomic E-state index is 13.7. The largest absolute Gasteiger partial charge is 0.488 e. The van der Waals surface area contributed by atoms with E-state index >= 15 is 0 Å². The Morgan fingerprint density at radius 3 is 2.00 bits per heavy atom. The molecule has 0 unspecified atom stereocenters. The van der Waals surface area contributed by atoms with Crippen molar-refractivity contribution in [2.75, 3.05) is 7.11 Å². The maximum Gasteiger partial charge on any atom is 0.430 e. The van der Waals surface area contributed by atoms with Gasteiger partial charge in [-0.3, -0.25) is 0 Å². The summed E-state index contributed by atoms with van der Waals surface area (Å²) in [5.74, 6) is 0.360. The summed E-state index contributed by atoms with van der Waals surface area (Å²) >= 11 is 1.07. The topological polar surface area (TPSA) is 90.2 Å². The van der Waals surface area contributed by atoms with Crippen molar-refractivity contribution in [1.82, 2.24) is 0 Å². The molecule has 0 atom stereocenters. The van der Waals surface area contributed by atoms with Crippen molar-refractivity contribution in [3.05, 3.63) is 75.0 Å². The molecule has 3 aromatic rings. The van der Waals surface area contributed by atoms with Gasteiger partial charge in [0.15, 0.2) is 0 Å². The van der Waals surface area contributed by atoms with E-state index in [0.29, 0.717) is 21.8 Å². The van der Waals surface area contributed by atoms with E-state index in [1.165, 1.54) is 30.5 Å². The molecule has 0 spiro atoms. The Hall–Kier alpha value is -2.64. The number of aliphatic hydroxyl groups excluding tert-OH is 3. The summed E-state index contributed by atoms with van der Waals surface area (Å²) in [6, 6.07) is 9.66. The van der Waals surface area contributed by atoms with Gasteiger partial charge in [0.2, 0.25) is 0 Å². The fourth-order valence-electron chi connectivity index (χ4n) is 3.75. The van der Waals surface area contributed by atoms with Crippen LogP contribution in [0.25, 0.3) is 11.1 Å². The van der Waals surface area contributed by atoms with Gasteiger partial charge >= 0.3 is 12.4 Å². The molecule has 0 aliphatic heterocycles. The molecule has 0 aliphatic rings. The van der Waals surface area contributed by atoms with E-state index in [4.69, 9.17) is 9.84 Å². The lowest BCUT2D eigenvalue weighted by atomic mass is 9.82. The summed E-state index contributed by atoms with van der Waals surface area (Å²) in [6.07, 6.45) is -12.2. The molecule has 0 saturated carbocycles. The van der Waals surface area contributed by atoms with Gasteiger partial charge in [0.25, 0.3) is 5.60 Å². The van der Waals surface area contributed by atoms with Crippen molar-refractivity contribution in [2.24, 2.45) is 0 Å². The molecule has 1 heterocycles. The Morgan fingerprint density at radius 1 is 0.838 bits per heavy atom. The number of ether oxygens (including phenoxy) is 1. The van der Waals surface area contributed by atoms with Crippen LogP contribution in [0.1, 0.15) is 34.1 Å². The number of alkyl halides is 6. The van der Waals surface area contributed by atoms with Gasteiger partial charge in [-0.1, -0.05) is 31.2 Å². The van der Waals surface area contributed by atoms with E-state index in [0.717, 1.165) is 30.6 Å². The minimum atomic E-state index is -6.00. The summed E-state index contributed by atoms with van der Waals surface area (Å²) in [5, 5.41) is 37.2. The summed E-state index contributed by atoms with van der Waals surface area (Å²) in [7, 11) is 1.00. The van der Waals surface area contributed by atoms with E-state index < -0.39 is 23.5 Å². The molecular weight excluding hydrogens is 526 g/mol. The molecule has 12 heteroatoms. The van der Waals surface area contributed by atoms with Crippen molar-refractivity contribution in [2.45, 2.75) is 51.1 Å². The lowest BCUT2D eigenvalue weighted by Gasteiger charge is -2.35. The van der Waals surface area contributed by atoms with Crippen LogP contribution in [0.3, 0.4) is 0 Å². The second-order valence-corrected chi connectivity index (χ2v) is 8.73. The third kappa shape index (κ3) is 6.27.